The molecule has 154 valence electrons. The molecule has 6 heteroatoms. The van der Waals surface area contributed by atoms with E-state index in [4.69, 9.17) is 0 Å². The summed E-state index contributed by atoms with van der Waals surface area (Å²) < 4.78 is 0. The van der Waals surface area contributed by atoms with Crippen molar-refractivity contribution in [1.82, 2.24) is 10.2 Å². The molecule has 0 bridgehead atoms. The molecule has 0 radical (unpaired) electrons. The maximum atomic E-state index is 12.3. The van der Waals surface area contributed by atoms with Crippen LogP contribution in [-0.2, 0) is 4.79 Å². The number of carbonyl (C=O) groups is 1. The first-order chi connectivity index (χ1) is 14.3. The minimum Gasteiger partial charge on any atom is -0.355 e. The van der Waals surface area contributed by atoms with Gasteiger partial charge in [-0.3, -0.25) is 4.79 Å². The zero-order valence-corrected chi connectivity index (χ0v) is 17.8. The van der Waals surface area contributed by atoms with Gasteiger partial charge in [0.1, 0.15) is 0 Å². The molecule has 5 nitrogen and oxygen atoms in total. The summed E-state index contributed by atoms with van der Waals surface area (Å²) in [6.07, 6.45) is 10.2. The molecular weight excluding hydrogens is 380 g/mol. The largest absolute Gasteiger partial charge is 0.355 e. The molecule has 1 saturated carbocycles. The van der Waals surface area contributed by atoms with Gasteiger partial charge in [-0.2, -0.15) is 0 Å². The van der Waals surface area contributed by atoms with Crippen LogP contribution in [0.2, 0.25) is 0 Å². The molecule has 1 aliphatic heterocycles. The second kappa shape index (κ2) is 10.1. The van der Waals surface area contributed by atoms with Crippen LogP contribution in [0, 0.1) is 0 Å². The van der Waals surface area contributed by atoms with Crippen LogP contribution in [0.25, 0.3) is 11.3 Å². The van der Waals surface area contributed by atoms with Gasteiger partial charge in [-0.1, -0.05) is 37.8 Å². The molecule has 2 fully saturated rings. The number of aromatic nitrogens is 2. The summed E-state index contributed by atoms with van der Waals surface area (Å²) >= 11 is 1.79. The standard InChI is InChI=1S/C23H30N4OS/c28-23(17-29-20-10-3-4-11-20)24-19-9-7-8-18(16-19)21-12-13-22(26-25-21)27-14-5-1-2-6-15-27/h7-9,12-13,16,20H,1-6,10-11,14-15,17H2,(H,24,28). The normalized spacial score (nSPS) is 17.9. The third-order valence-electron chi connectivity index (χ3n) is 5.77. The van der Waals surface area contributed by atoms with E-state index in [1.165, 1.54) is 51.4 Å². The summed E-state index contributed by atoms with van der Waals surface area (Å²) in [5.41, 5.74) is 2.62. The molecule has 0 unspecified atom stereocenters. The molecule has 2 heterocycles. The van der Waals surface area contributed by atoms with Gasteiger partial charge in [0.25, 0.3) is 0 Å². The van der Waals surface area contributed by atoms with Crippen LogP contribution < -0.4 is 10.2 Å². The number of thioether (sulfide) groups is 1. The van der Waals surface area contributed by atoms with Gasteiger partial charge in [0.05, 0.1) is 11.4 Å². The summed E-state index contributed by atoms with van der Waals surface area (Å²) in [4.78, 5) is 14.6. The molecular formula is C23H30N4OS. The minimum atomic E-state index is 0.0710. The van der Waals surface area contributed by atoms with Crippen molar-refractivity contribution in [2.75, 3.05) is 29.1 Å². The molecule has 2 aromatic rings. The fraction of sp³-hybridized carbons (Fsp3) is 0.522. The number of nitrogens with one attached hydrogen (secondary N) is 1. The van der Waals surface area contributed by atoms with Crippen molar-refractivity contribution in [1.29, 1.82) is 0 Å². The Morgan fingerprint density at radius 2 is 1.79 bits per heavy atom. The third-order valence-corrected chi connectivity index (χ3v) is 7.15. The predicted molar refractivity (Wildman–Crippen MR) is 121 cm³/mol. The number of anilines is 2. The summed E-state index contributed by atoms with van der Waals surface area (Å²) in [7, 11) is 0. The van der Waals surface area contributed by atoms with E-state index >= 15 is 0 Å². The number of carbonyl (C=O) groups excluding carboxylic acids is 1. The van der Waals surface area contributed by atoms with Gasteiger partial charge in [0, 0.05) is 29.6 Å². The smallest absolute Gasteiger partial charge is 0.234 e. The lowest BCUT2D eigenvalue weighted by atomic mass is 10.1. The van der Waals surface area contributed by atoms with Crippen LogP contribution in [0.15, 0.2) is 36.4 Å². The van der Waals surface area contributed by atoms with Crippen LogP contribution >= 0.6 is 11.8 Å². The average Bonchev–Trinajstić information content (AvgIpc) is 3.13. The number of hydrogen-bond acceptors (Lipinski definition) is 5. The lowest BCUT2D eigenvalue weighted by molar-refractivity contribution is -0.113. The maximum absolute atomic E-state index is 12.3. The van der Waals surface area contributed by atoms with Gasteiger partial charge in [0.15, 0.2) is 5.82 Å². The topological polar surface area (TPSA) is 58.1 Å². The summed E-state index contributed by atoms with van der Waals surface area (Å²) in [6.45, 7) is 2.13. The van der Waals surface area contributed by atoms with Crippen molar-refractivity contribution in [3.8, 4) is 11.3 Å². The second-order valence-corrected chi connectivity index (χ2v) is 9.31. The first-order valence-electron chi connectivity index (χ1n) is 10.9. The molecule has 29 heavy (non-hydrogen) atoms. The summed E-state index contributed by atoms with van der Waals surface area (Å²) in [5.74, 6) is 1.56. The Morgan fingerprint density at radius 1 is 1.00 bits per heavy atom. The maximum Gasteiger partial charge on any atom is 0.234 e. The van der Waals surface area contributed by atoms with Crippen molar-refractivity contribution in [3.05, 3.63) is 36.4 Å². The molecule has 0 spiro atoms. The fourth-order valence-electron chi connectivity index (χ4n) is 4.15. The van der Waals surface area contributed by atoms with E-state index in [-0.39, 0.29) is 5.91 Å². The van der Waals surface area contributed by atoms with E-state index in [0.717, 1.165) is 35.9 Å². The molecule has 1 saturated heterocycles. The van der Waals surface area contributed by atoms with Crippen molar-refractivity contribution >= 4 is 29.2 Å². The van der Waals surface area contributed by atoms with Crippen molar-refractivity contribution in [2.24, 2.45) is 0 Å². The van der Waals surface area contributed by atoms with Gasteiger partial charge >= 0.3 is 0 Å². The van der Waals surface area contributed by atoms with E-state index < -0.39 is 0 Å². The van der Waals surface area contributed by atoms with Crippen LogP contribution in [-0.4, -0.2) is 40.2 Å². The predicted octanol–water partition coefficient (Wildman–Crippen LogP) is 5.14. The highest BCUT2D eigenvalue weighted by Crippen LogP contribution is 2.29. The Balaban J connectivity index is 1.36. The van der Waals surface area contributed by atoms with Crippen molar-refractivity contribution < 1.29 is 4.79 Å². The quantitative estimate of drug-likeness (QED) is 0.715. The Kier molecular flexibility index (Phi) is 7.04. The molecule has 1 aromatic heterocycles. The van der Waals surface area contributed by atoms with Crippen molar-refractivity contribution in [2.45, 2.75) is 56.6 Å². The van der Waals surface area contributed by atoms with Gasteiger partial charge in [0.2, 0.25) is 5.91 Å². The Labute approximate surface area is 177 Å². The lowest BCUT2D eigenvalue weighted by Gasteiger charge is -2.20. The van der Waals surface area contributed by atoms with Gasteiger partial charge in [-0.05, 0) is 49.9 Å². The highest BCUT2D eigenvalue weighted by Gasteiger charge is 2.17. The third kappa shape index (κ3) is 5.72. The average molecular weight is 411 g/mol. The van der Waals surface area contributed by atoms with E-state index in [9.17, 15) is 4.79 Å². The number of amides is 1. The number of benzene rings is 1. The first kappa shape index (κ1) is 20.2. The second-order valence-electron chi connectivity index (χ2n) is 8.02. The Morgan fingerprint density at radius 3 is 2.52 bits per heavy atom. The van der Waals surface area contributed by atoms with Gasteiger partial charge in [-0.25, -0.2) is 0 Å². The molecule has 1 aliphatic carbocycles. The van der Waals surface area contributed by atoms with E-state index in [0.29, 0.717) is 11.0 Å². The number of rotatable bonds is 6. The number of hydrogen-bond donors (Lipinski definition) is 1. The van der Waals surface area contributed by atoms with E-state index in [1.807, 2.05) is 30.3 Å². The first-order valence-corrected chi connectivity index (χ1v) is 11.9. The molecule has 1 amide bonds. The Hall–Kier alpha value is -2.08. The van der Waals surface area contributed by atoms with Crippen LogP contribution in [0.5, 0.6) is 0 Å². The summed E-state index contributed by atoms with van der Waals surface area (Å²) in [6, 6.07) is 12.0. The van der Waals surface area contributed by atoms with Crippen LogP contribution in [0.4, 0.5) is 11.5 Å². The molecule has 0 atom stereocenters. The van der Waals surface area contributed by atoms with E-state index in [2.05, 4.69) is 26.5 Å². The molecule has 2 aliphatic rings. The summed E-state index contributed by atoms with van der Waals surface area (Å²) in [5, 5.41) is 12.6. The zero-order valence-electron chi connectivity index (χ0n) is 17.0. The highest BCUT2D eigenvalue weighted by atomic mass is 32.2. The van der Waals surface area contributed by atoms with Crippen LogP contribution in [0.1, 0.15) is 51.4 Å². The zero-order chi connectivity index (χ0) is 19.9. The Bertz CT molecular complexity index is 797. The van der Waals surface area contributed by atoms with E-state index in [1.54, 1.807) is 11.8 Å². The molecule has 4 rings (SSSR count). The van der Waals surface area contributed by atoms with Crippen LogP contribution in [0.3, 0.4) is 0 Å². The SMILES string of the molecule is O=C(CSC1CCCC1)Nc1cccc(-c2ccc(N3CCCCCC3)nn2)c1. The van der Waals surface area contributed by atoms with Crippen molar-refractivity contribution in [3.63, 3.8) is 0 Å². The highest BCUT2D eigenvalue weighted by molar-refractivity contribution is 8.00. The molecule has 1 N–H and O–H groups in total. The van der Waals surface area contributed by atoms with Gasteiger partial charge < -0.3 is 10.2 Å². The van der Waals surface area contributed by atoms with Gasteiger partial charge in [-0.15, -0.1) is 22.0 Å². The molecule has 1 aromatic carbocycles. The number of nitrogens with zero attached hydrogens (tertiary/aromatic N) is 3. The fourth-order valence-corrected chi connectivity index (χ4v) is 5.28. The minimum absolute atomic E-state index is 0.0710. The lowest BCUT2D eigenvalue weighted by Crippen LogP contribution is -2.25. The monoisotopic (exact) mass is 410 g/mol.